The van der Waals surface area contributed by atoms with Crippen LogP contribution in [0.25, 0.3) is 11.3 Å². The Morgan fingerprint density at radius 1 is 1.11 bits per heavy atom. The molecule has 0 aliphatic rings. The van der Waals surface area contributed by atoms with E-state index in [1.54, 1.807) is 43.5 Å². The predicted molar refractivity (Wildman–Crippen MR) is 111 cm³/mol. The summed E-state index contributed by atoms with van der Waals surface area (Å²) >= 11 is 12.2. The van der Waals surface area contributed by atoms with E-state index < -0.39 is 0 Å². The van der Waals surface area contributed by atoms with Gasteiger partial charge in [-0.1, -0.05) is 41.4 Å². The van der Waals surface area contributed by atoms with Crippen LogP contribution in [0.1, 0.15) is 28.6 Å². The normalized spacial score (nSPS) is 11.0. The second-order valence-corrected chi connectivity index (χ2v) is 6.61. The zero-order valence-corrected chi connectivity index (χ0v) is 16.6. The molecule has 3 rings (SSSR count). The van der Waals surface area contributed by atoms with Crippen molar-refractivity contribution in [1.82, 2.24) is 5.43 Å². The first-order valence-electron chi connectivity index (χ1n) is 8.64. The molecule has 144 valence electrons. The number of carbonyl (C=O) groups is 1. The number of esters is 1. The lowest BCUT2D eigenvalue weighted by molar-refractivity contribution is 0.0526. The Kier molecular flexibility index (Phi) is 6.74. The quantitative estimate of drug-likeness (QED) is 0.311. The number of ether oxygens (including phenoxy) is 1. The third-order valence-electron chi connectivity index (χ3n) is 3.91. The summed E-state index contributed by atoms with van der Waals surface area (Å²) in [5, 5.41) is 5.31. The molecule has 28 heavy (non-hydrogen) atoms. The van der Waals surface area contributed by atoms with Crippen molar-refractivity contribution in [3.05, 3.63) is 81.5 Å². The minimum atomic E-state index is -0.342. The number of benzene rings is 2. The van der Waals surface area contributed by atoms with Crippen LogP contribution in [0.15, 0.2) is 64.1 Å². The number of hydrazone groups is 1. The Bertz CT molecular complexity index is 961. The van der Waals surface area contributed by atoms with Crippen molar-refractivity contribution in [1.29, 1.82) is 0 Å². The summed E-state index contributed by atoms with van der Waals surface area (Å²) in [6.07, 6.45) is 1.57. The summed E-state index contributed by atoms with van der Waals surface area (Å²) in [7, 11) is 0. The molecule has 5 nitrogen and oxygen atoms in total. The maximum absolute atomic E-state index is 11.7. The zero-order valence-electron chi connectivity index (χ0n) is 15.1. The molecule has 0 aliphatic heterocycles. The Morgan fingerprint density at radius 2 is 1.82 bits per heavy atom. The molecular weight excluding hydrogens is 399 g/mol. The minimum absolute atomic E-state index is 0.342. The molecule has 0 fully saturated rings. The van der Waals surface area contributed by atoms with Crippen LogP contribution >= 0.6 is 23.2 Å². The van der Waals surface area contributed by atoms with Gasteiger partial charge in [0.2, 0.25) is 0 Å². The summed E-state index contributed by atoms with van der Waals surface area (Å²) in [5.74, 6) is 0.916. The number of hydrogen-bond acceptors (Lipinski definition) is 5. The van der Waals surface area contributed by atoms with Crippen LogP contribution in [0.3, 0.4) is 0 Å². The van der Waals surface area contributed by atoms with Crippen LogP contribution in [0.5, 0.6) is 0 Å². The molecule has 1 N–H and O–H groups in total. The lowest BCUT2D eigenvalue weighted by Crippen LogP contribution is -2.06. The molecule has 0 saturated heterocycles. The molecule has 0 saturated carbocycles. The first-order valence-corrected chi connectivity index (χ1v) is 9.40. The van der Waals surface area contributed by atoms with E-state index >= 15 is 0 Å². The number of carbonyl (C=O) groups excluding carboxylic acids is 1. The highest BCUT2D eigenvalue weighted by atomic mass is 35.5. The molecule has 0 atom stereocenters. The number of halogens is 2. The highest BCUT2D eigenvalue weighted by Crippen LogP contribution is 2.24. The number of nitrogens with zero attached hydrogens (tertiary/aromatic N) is 1. The van der Waals surface area contributed by atoms with Gasteiger partial charge < -0.3 is 14.6 Å². The molecule has 0 radical (unpaired) electrons. The van der Waals surface area contributed by atoms with E-state index in [1.165, 1.54) is 0 Å². The standard InChI is InChI=1S/C21H18Cl2N2O3/c1-2-27-21(26)15-8-6-14(7-9-15)20-11-10-16(28-20)12-24-25-13-17-18(22)4-3-5-19(17)23/h3-12,25H,2,13H2,1H3/b24-12-. The maximum atomic E-state index is 11.7. The first-order chi connectivity index (χ1) is 13.6. The highest BCUT2D eigenvalue weighted by molar-refractivity contribution is 6.35. The predicted octanol–water partition coefficient (Wildman–Crippen LogP) is 5.55. The largest absolute Gasteiger partial charge is 0.462 e. The number of furan rings is 1. The fourth-order valence-corrected chi connectivity index (χ4v) is 3.03. The second-order valence-electron chi connectivity index (χ2n) is 5.79. The van der Waals surface area contributed by atoms with Crippen LogP contribution in [-0.2, 0) is 11.3 Å². The summed E-state index contributed by atoms with van der Waals surface area (Å²) in [6, 6.07) is 16.0. The molecule has 1 aromatic heterocycles. The molecular formula is C21H18Cl2N2O3. The van der Waals surface area contributed by atoms with E-state index in [1.807, 2.05) is 24.3 Å². The molecule has 0 unspecified atom stereocenters. The van der Waals surface area contributed by atoms with Crippen molar-refractivity contribution in [2.24, 2.45) is 5.10 Å². The van der Waals surface area contributed by atoms with Gasteiger partial charge in [-0.2, -0.15) is 5.10 Å². The molecule has 1 heterocycles. The lowest BCUT2D eigenvalue weighted by atomic mass is 10.1. The minimum Gasteiger partial charge on any atom is -0.462 e. The SMILES string of the molecule is CCOC(=O)c1ccc(-c2ccc(/C=N\NCc3c(Cl)cccc3Cl)o2)cc1. The van der Waals surface area contributed by atoms with Gasteiger partial charge in [-0.05, 0) is 43.3 Å². The van der Waals surface area contributed by atoms with Crippen LogP contribution in [0.4, 0.5) is 0 Å². The van der Waals surface area contributed by atoms with Gasteiger partial charge in [0.05, 0.1) is 24.9 Å². The van der Waals surface area contributed by atoms with Gasteiger partial charge in [0.1, 0.15) is 11.5 Å². The van der Waals surface area contributed by atoms with E-state index in [9.17, 15) is 4.79 Å². The lowest BCUT2D eigenvalue weighted by Gasteiger charge is -2.05. The molecule has 0 aliphatic carbocycles. The Labute approximate surface area is 172 Å². The van der Waals surface area contributed by atoms with Crippen LogP contribution in [-0.4, -0.2) is 18.8 Å². The maximum Gasteiger partial charge on any atom is 0.338 e. The number of rotatable bonds is 7. The summed E-state index contributed by atoms with van der Waals surface area (Å²) < 4.78 is 10.7. The average Bonchev–Trinajstić information content (AvgIpc) is 3.16. The smallest absolute Gasteiger partial charge is 0.338 e. The van der Waals surface area contributed by atoms with Crippen molar-refractivity contribution >= 4 is 35.4 Å². The molecule has 2 aromatic carbocycles. The molecule has 0 spiro atoms. The van der Waals surface area contributed by atoms with Crippen molar-refractivity contribution in [2.75, 3.05) is 6.61 Å². The van der Waals surface area contributed by atoms with Crippen LogP contribution < -0.4 is 5.43 Å². The second kappa shape index (κ2) is 9.44. The van der Waals surface area contributed by atoms with Gasteiger partial charge >= 0.3 is 5.97 Å². The summed E-state index contributed by atoms with van der Waals surface area (Å²) in [5.41, 5.74) is 5.04. The Balaban J connectivity index is 1.61. The summed E-state index contributed by atoms with van der Waals surface area (Å²) in [6.45, 7) is 2.52. The van der Waals surface area contributed by atoms with E-state index in [-0.39, 0.29) is 5.97 Å². The Morgan fingerprint density at radius 3 is 2.50 bits per heavy atom. The molecule has 0 bridgehead atoms. The van der Waals surface area contributed by atoms with Crippen LogP contribution in [0, 0.1) is 0 Å². The van der Waals surface area contributed by atoms with E-state index in [2.05, 4.69) is 10.5 Å². The zero-order chi connectivity index (χ0) is 19.9. The highest BCUT2D eigenvalue weighted by Gasteiger charge is 2.08. The van der Waals surface area contributed by atoms with E-state index in [0.717, 1.165) is 11.1 Å². The van der Waals surface area contributed by atoms with Gasteiger partial charge in [0, 0.05) is 21.2 Å². The van der Waals surface area contributed by atoms with Crippen LogP contribution in [0.2, 0.25) is 10.0 Å². The number of hydrogen-bond donors (Lipinski definition) is 1. The molecule has 3 aromatic rings. The topological polar surface area (TPSA) is 63.8 Å². The van der Waals surface area contributed by atoms with Crippen molar-refractivity contribution in [3.63, 3.8) is 0 Å². The monoisotopic (exact) mass is 416 g/mol. The summed E-state index contributed by atoms with van der Waals surface area (Å²) in [4.78, 5) is 11.7. The van der Waals surface area contributed by atoms with Gasteiger partial charge in [-0.25, -0.2) is 4.79 Å². The third-order valence-corrected chi connectivity index (χ3v) is 4.62. The average molecular weight is 417 g/mol. The number of nitrogens with one attached hydrogen (secondary N) is 1. The van der Waals surface area contributed by atoms with Crippen molar-refractivity contribution in [2.45, 2.75) is 13.5 Å². The molecule has 0 amide bonds. The van der Waals surface area contributed by atoms with Gasteiger partial charge in [0.25, 0.3) is 0 Å². The fourth-order valence-electron chi connectivity index (χ4n) is 2.50. The third kappa shape index (κ3) is 4.94. The first kappa shape index (κ1) is 20.0. The van der Waals surface area contributed by atoms with E-state index in [0.29, 0.717) is 40.3 Å². The van der Waals surface area contributed by atoms with Gasteiger partial charge in [-0.15, -0.1) is 0 Å². The molecule has 7 heteroatoms. The van der Waals surface area contributed by atoms with Gasteiger partial charge in [0.15, 0.2) is 0 Å². The van der Waals surface area contributed by atoms with Crippen molar-refractivity contribution < 1.29 is 13.9 Å². The Hall–Kier alpha value is -2.76. The van der Waals surface area contributed by atoms with E-state index in [4.69, 9.17) is 32.4 Å². The fraction of sp³-hybridized carbons (Fsp3) is 0.143. The van der Waals surface area contributed by atoms with Gasteiger partial charge in [-0.3, -0.25) is 0 Å². The van der Waals surface area contributed by atoms with Crippen molar-refractivity contribution in [3.8, 4) is 11.3 Å².